The minimum atomic E-state index is -0.213. The van der Waals surface area contributed by atoms with E-state index in [2.05, 4.69) is 15.5 Å². The highest BCUT2D eigenvalue weighted by molar-refractivity contribution is 8.01. The first-order valence-electron chi connectivity index (χ1n) is 8.99. The topological polar surface area (TPSA) is 84.4 Å². The molecule has 1 aliphatic heterocycles. The maximum Gasteiger partial charge on any atom is 0.261 e. The lowest BCUT2D eigenvalue weighted by Gasteiger charge is -2.12. The second kappa shape index (κ2) is 8.62. The van der Waals surface area contributed by atoms with Crippen LogP contribution in [0.3, 0.4) is 0 Å². The monoisotopic (exact) mass is 426 g/mol. The molecule has 9 heteroatoms. The van der Waals surface area contributed by atoms with E-state index in [0.29, 0.717) is 29.2 Å². The Balaban J connectivity index is 1.28. The van der Waals surface area contributed by atoms with Gasteiger partial charge in [0.15, 0.2) is 4.34 Å². The van der Waals surface area contributed by atoms with Crippen LogP contribution < -0.4 is 10.1 Å². The van der Waals surface area contributed by atoms with Crippen LogP contribution in [0.2, 0.25) is 0 Å². The van der Waals surface area contributed by atoms with Gasteiger partial charge in [0, 0.05) is 12.3 Å². The van der Waals surface area contributed by atoms with Gasteiger partial charge in [-0.05, 0) is 30.7 Å². The summed E-state index contributed by atoms with van der Waals surface area (Å²) in [6.45, 7) is 0.393. The number of rotatable bonds is 8. The highest BCUT2D eigenvalue weighted by Gasteiger charge is 2.34. The van der Waals surface area contributed by atoms with E-state index in [0.717, 1.165) is 21.5 Å². The van der Waals surface area contributed by atoms with Crippen molar-refractivity contribution in [2.75, 3.05) is 24.7 Å². The van der Waals surface area contributed by atoms with Crippen molar-refractivity contribution in [1.82, 2.24) is 15.1 Å². The van der Waals surface area contributed by atoms with Gasteiger partial charge in [-0.15, -0.1) is 10.2 Å². The summed E-state index contributed by atoms with van der Waals surface area (Å²) >= 11 is 3.00. The number of imide groups is 1. The molecule has 0 unspecified atom stereocenters. The number of ether oxygens (including phenoxy) is 1. The van der Waals surface area contributed by atoms with Crippen LogP contribution in [0.4, 0.5) is 10.8 Å². The van der Waals surface area contributed by atoms with Crippen molar-refractivity contribution in [3.8, 4) is 5.75 Å². The zero-order valence-corrected chi connectivity index (χ0v) is 17.3. The van der Waals surface area contributed by atoms with E-state index >= 15 is 0 Å². The number of hydrogen-bond acceptors (Lipinski definition) is 8. The number of nitrogens with one attached hydrogen (secondary N) is 1. The van der Waals surface area contributed by atoms with Gasteiger partial charge in [0.2, 0.25) is 5.13 Å². The Morgan fingerprint density at radius 2 is 1.72 bits per heavy atom. The molecule has 0 saturated heterocycles. The molecule has 0 bridgehead atoms. The number of aromatic nitrogens is 2. The second-order valence-electron chi connectivity index (χ2n) is 6.21. The summed E-state index contributed by atoms with van der Waals surface area (Å²) in [6, 6.07) is 14.5. The largest absolute Gasteiger partial charge is 0.495 e. The smallest absolute Gasteiger partial charge is 0.261 e. The maximum absolute atomic E-state index is 12.4. The Kier molecular flexibility index (Phi) is 5.77. The Bertz CT molecular complexity index is 1020. The lowest BCUT2D eigenvalue weighted by atomic mass is 10.1. The molecule has 0 radical (unpaired) electrons. The number of amides is 2. The van der Waals surface area contributed by atoms with Crippen LogP contribution in [0, 0.1) is 0 Å². The van der Waals surface area contributed by atoms with Gasteiger partial charge >= 0.3 is 0 Å². The van der Waals surface area contributed by atoms with E-state index in [1.807, 2.05) is 24.3 Å². The quantitative estimate of drug-likeness (QED) is 0.330. The van der Waals surface area contributed by atoms with Gasteiger partial charge < -0.3 is 10.1 Å². The zero-order valence-electron chi connectivity index (χ0n) is 15.6. The number of anilines is 2. The first-order valence-corrected chi connectivity index (χ1v) is 10.8. The number of hydrogen-bond donors (Lipinski definition) is 1. The molecular weight excluding hydrogens is 408 g/mol. The van der Waals surface area contributed by atoms with Crippen molar-refractivity contribution in [1.29, 1.82) is 0 Å². The highest BCUT2D eigenvalue weighted by atomic mass is 32.2. The SMILES string of the molecule is COc1ccccc1Nc1nnc(SCCCN2C(=O)c3ccccc3C2=O)s1. The lowest BCUT2D eigenvalue weighted by molar-refractivity contribution is 0.0655. The summed E-state index contributed by atoms with van der Waals surface area (Å²) in [6.07, 6.45) is 0.686. The minimum absolute atomic E-state index is 0.213. The van der Waals surface area contributed by atoms with Gasteiger partial charge in [-0.1, -0.05) is 47.4 Å². The first-order chi connectivity index (χ1) is 14.2. The fourth-order valence-corrected chi connectivity index (χ4v) is 4.76. The standard InChI is InChI=1S/C20H18N4O3S2/c1-27-16-10-5-4-9-15(16)21-19-22-23-20(29-19)28-12-6-11-24-17(25)13-7-2-3-8-14(13)18(24)26/h2-5,7-10H,6,11-12H2,1H3,(H,21,22). The molecule has 0 spiro atoms. The van der Waals surface area contributed by atoms with Crippen molar-refractivity contribution in [3.63, 3.8) is 0 Å². The molecule has 2 heterocycles. The Morgan fingerprint density at radius 3 is 2.45 bits per heavy atom. The normalized spacial score (nSPS) is 12.9. The lowest BCUT2D eigenvalue weighted by Crippen LogP contribution is -2.30. The van der Waals surface area contributed by atoms with E-state index in [4.69, 9.17) is 4.74 Å². The van der Waals surface area contributed by atoms with Crippen molar-refractivity contribution in [2.45, 2.75) is 10.8 Å². The van der Waals surface area contributed by atoms with E-state index < -0.39 is 0 Å². The number of carbonyl (C=O) groups is 2. The molecule has 1 N–H and O–H groups in total. The molecule has 0 saturated carbocycles. The summed E-state index contributed by atoms with van der Waals surface area (Å²) < 4.78 is 6.15. The number of nitrogens with zero attached hydrogens (tertiary/aromatic N) is 3. The van der Waals surface area contributed by atoms with Crippen molar-refractivity contribution < 1.29 is 14.3 Å². The average molecular weight is 427 g/mol. The molecule has 0 atom stereocenters. The maximum atomic E-state index is 12.4. The van der Waals surface area contributed by atoms with Crippen LogP contribution in [0.1, 0.15) is 27.1 Å². The molecule has 2 aromatic carbocycles. The number of carbonyl (C=O) groups excluding carboxylic acids is 2. The van der Waals surface area contributed by atoms with Crippen molar-refractivity contribution in [2.24, 2.45) is 0 Å². The van der Waals surface area contributed by atoms with Crippen molar-refractivity contribution >= 4 is 45.7 Å². The summed E-state index contributed by atoms with van der Waals surface area (Å²) in [5.74, 6) is 1.04. The van der Waals surface area contributed by atoms with Crippen LogP contribution in [0.15, 0.2) is 52.9 Å². The van der Waals surface area contributed by atoms with Crippen LogP contribution >= 0.6 is 23.1 Å². The molecule has 3 aromatic rings. The molecule has 1 aliphatic rings. The molecule has 4 rings (SSSR count). The number of thioether (sulfide) groups is 1. The number of para-hydroxylation sites is 2. The third-order valence-electron chi connectivity index (χ3n) is 4.38. The average Bonchev–Trinajstić information content (AvgIpc) is 3.29. The molecule has 29 heavy (non-hydrogen) atoms. The van der Waals surface area contributed by atoms with Crippen LogP contribution in [-0.2, 0) is 0 Å². The minimum Gasteiger partial charge on any atom is -0.495 e. The summed E-state index contributed by atoms with van der Waals surface area (Å²) in [7, 11) is 1.62. The van der Waals surface area contributed by atoms with Crippen LogP contribution in [0.5, 0.6) is 5.75 Å². The summed E-state index contributed by atoms with van der Waals surface area (Å²) in [5.41, 5.74) is 1.80. The van der Waals surface area contributed by atoms with Gasteiger partial charge in [0.25, 0.3) is 11.8 Å². The van der Waals surface area contributed by atoms with Crippen molar-refractivity contribution in [3.05, 3.63) is 59.7 Å². The molecule has 7 nitrogen and oxygen atoms in total. The first kappa shape index (κ1) is 19.4. The van der Waals surface area contributed by atoms with Crippen LogP contribution in [-0.4, -0.2) is 46.3 Å². The highest BCUT2D eigenvalue weighted by Crippen LogP contribution is 2.31. The molecule has 1 aromatic heterocycles. The molecular formula is C20H18N4O3S2. The van der Waals surface area contributed by atoms with E-state index in [-0.39, 0.29) is 11.8 Å². The van der Waals surface area contributed by atoms with Gasteiger partial charge in [0.05, 0.1) is 23.9 Å². The number of methoxy groups -OCH3 is 1. The molecule has 2 amide bonds. The number of fused-ring (bicyclic) bond motifs is 1. The predicted octanol–water partition coefficient (Wildman–Crippen LogP) is 4.07. The van der Waals surface area contributed by atoms with Gasteiger partial charge in [0.1, 0.15) is 5.75 Å². The Hall–Kier alpha value is -2.91. The van der Waals surface area contributed by atoms with Gasteiger partial charge in [-0.2, -0.15) is 0 Å². The Morgan fingerprint density at radius 1 is 1.03 bits per heavy atom. The zero-order chi connectivity index (χ0) is 20.2. The summed E-state index contributed by atoms with van der Waals surface area (Å²) in [4.78, 5) is 26.0. The van der Waals surface area contributed by atoms with Gasteiger partial charge in [-0.25, -0.2) is 0 Å². The molecule has 0 aliphatic carbocycles. The van der Waals surface area contributed by atoms with Gasteiger partial charge in [-0.3, -0.25) is 14.5 Å². The van der Waals surface area contributed by atoms with E-state index in [9.17, 15) is 9.59 Å². The molecule has 0 fully saturated rings. The fourth-order valence-electron chi connectivity index (χ4n) is 3.01. The predicted molar refractivity (Wildman–Crippen MR) is 113 cm³/mol. The fraction of sp³-hybridized carbons (Fsp3) is 0.200. The third kappa shape index (κ3) is 4.10. The molecule has 148 valence electrons. The second-order valence-corrected chi connectivity index (χ2v) is 8.53. The van der Waals surface area contributed by atoms with Crippen LogP contribution in [0.25, 0.3) is 0 Å². The third-order valence-corrected chi connectivity index (χ3v) is 6.44. The van der Waals surface area contributed by atoms with E-state index in [1.54, 1.807) is 43.1 Å². The van der Waals surface area contributed by atoms with E-state index in [1.165, 1.54) is 16.2 Å². The number of benzene rings is 2. The Labute approximate surface area is 176 Å². The summed E-state index contributed by atoms with van der Waals surface area (Å²) in [5, 5.41) is 12.2.